The molecule has 1 amide bonds. The van der Waals surface area contributed by atoms with Crippen molar-refractivity contribution in [1.29, 1.82) is 0 Å². The average Bonchev–Trinajstić information content (AvgIpc) is 3.17. The smallest absolute Gasteiger partial charge is 0.410 e. The van der Waals surface area contributed by atoms with Gasteiger partial charge in [0.2, 0.25) is 0 Å². The number of hydrogen-bond acceptors (Lipinski definition) is 5. The third kappa shape index (κ3) is 4.45. The molecule has 0 radical (unpaired) electrons. The highest BCUT2D eigenvalue weighted by molar-refractivity contribution is 5.69. The minimum Gasteiger partial charge on any atom is -0.488 e. The van der Waals surface area contributed by atoms with Gasteiger partial charge >= 0.3 is 6.09 Å². The summed E-state index contributed by atoms with van der Waals surface area (Å²) in [6.45, 7) is 6.60. The Kier molecular flexibility index (Phi) is 5.39. The van der Waals surface area contributed by atoms with E-state index in [0.29, 0.717) is 30.9 Å². The van der Waals surface area contributed by atoms with E-state index in [9.17, 15) is 14.3 Å². The van der Waals surface area contributed by atoms with Crippen LogP contribution in [0.2, 0.25) is 0 Å². The maximum absolute atomic E-state index is 13.9. The molecule has 26 heavy (non-hydrogen) atoms. The minimum atomic E-state index is -0.696. The number of rotatable bonds is 3. The quantitative estimate of drug-likeness (QED) is 0.889. The number of amides is 1. The second-order valence-electron chi connectivity index (χ2n) is 7.82. The van der Waals surface area contributed by atoms with Crippen molar-refractivity contribution in [3.63, 3.8) is 0 Å². The SMILES string of the molecule is CC(C)(C)OC(=O)N1C[C@H](O)C[C@@H]1c1cc(F)ccc1OC1CCOC1. The van der Waals surface area contributed by atoms with E-state index in [0.717, 1.165) is 6.42 Å². The van der Waals surface area contributed by atoms with Gasteiger partial charge < -0.3 is 19.3 Å². The number of benzene rings is 1. The molecular weight excluding hydrogens is 341 g/mol. The molecule has 0 aliphatic carbocycles. The first-order chi connectivity index (χ1) is 12.2. The highest BCUT2D eigenvalue weighted by atomic mass is 19.1. The molecule has 1 aromatic rings. The van der Waals surface area contributed by atoms with Crippen molar-refractivity contribution >= 4 is 6.09 Å². The van der Waals surface area contributed by atoms with E-state index in [2.05, 4.69) is 0 Å². The van der Waals surface area contributed by atoms with Crippen LogP contribution in [0.4, 0.5) is 9.18 Å². The van der Waals surface area contributed by atoms with Crippen molar-refractivity contribution in [2.45, 2.75) is 57.5 Å². The summed E-state index contributed by atoms with van der Waals surface area (Å²) in [5, 5.41) is 10.1. The van der Waals surface area contributed by atoms with Crippen LogP contribution in [0.3, 0.4) is 0 Å². The summed E-state index contributed by atoms with van der Waals surface area (Å²) < 4.78 is 30.7. The third-order valence-electron chi connectivity index (χ3n) is 4.42. The lowest BCUT2D eigenvalue weighted by molar-refractivity contribution is 0.0204. The van der Waals surface area contributed by atoms with Gasteiger partial charge in [-0.15, -0.1) is 0 Å². The van der Waals surface area contributed by atoms with Gasteiger partial charge in [-0.1, -0.05) is 0 Å². The van der Waals surface area contributed by atoms with Gasteiger partial charge in [-0.05, 0) is 45.4 Å². The molecule has 2 heterocycles. The molecule has 0 bridgehead atoms. The van der Waals surface area contributed by atoms with Crippen LogP contribution in [0.5, 0.6) is 5.75 Å². The van der Waals surface area contributed by atoms with Gasteiger partial charge in [-0.2, -0.15) is 0 Å². The van der Waals surface area contributed by atoms with E-state index in [-0.39, 0.29) is 12.6 Å². The molecule has 0 spiro atoms. The highest BCUT2D eigenvalue weighted by Gasteiger charge is 2.39. The number of halogens is 1. The lowest BCUT2D eigenvalue weighted by Crippen LogP contribution is -2.37. The zero-order chi connectivity index (χ0) is 18.9. The number of carbonyl (C=O) groups excluding carboxylic acids is 1. The summed E-state index contributed by atoms with van der Waals surface area (Å²) in [6, 6.07) is 3.76. The Morgan fingerprint density at radius 2 is 2.15 bits per heavy atom. The molecule has 3 atom stereocenters. The lowest BCUT2D eigenvalue weighted by Gasteiger charge is -2.29. The average molecular weight is 367 g/mol. The van der Waals surface area contributed by atoms with E-state index in [1.165, 1.54) is 17.0 Å². The molecular formula is C19H26FNO5. The first-order valence-electron chi connectivity index (χ1n) is 8.94. The van der Waals surface area contributed by atoms with Crippen molar-refractivity contribution in [2.75, 3.05) is 19.8 Å². The van der Waals surface area contributed by atoms with Crippen LogP contribution < -0.4 is 4.74 Å². The van der Waals surface area contributed by atoms with Crippen molar-refractivity contribution in [2.24, 2.45) is 0 Å². The molecule has 6 nitrogen and oxygen atoms in total. The van der Waals surface area contributed by atoms with Gasteiger partial charge in [-0.25, -0.2) is 9.18 Å². The summed E-state index contributed by atoms with van der Waals surface area (Å²) >= 11 is 0. The van der Waals surface area contributed by atoms with E-state index >= 15 is 0 Å². The van der Waals surface area contributed by atoms with Crippen LogP contribution in [0.15, 0.2) is 18.2 Å². The molecule has 0 saturated carbocycles. The van der Waals surface area contributed by atoms with E-state index in [1.54, 1.807) is 26.8 Å². The maximum atomic E-state index is 13.9. The Morgan fingerprint density at radius 3 is 2.81 bits per heavy atom. The number of carbonyl (C=O) groups is 1. The molecule has 1 unspecified atom stereocenters. The predicted octanol–water partition coefficient (Wildman–Crippen LogP) is 3.04. The number of β-amino-alcohol motifs (C(OH)–C–C–N with tert-alkyl or cyclic N) is 1. The van der Waals surface area contributed by atoms with Crippen molar-refractivity contribution < 1.29 is 28.5 Å². The van der Waals surface area contributed by atoms with Crippen LogP contribution in [-0.2, 0) is 9.47 Å². The van der Waals surface area contributed by atoms with Crippen LogP contribution in [0, 0.1) is 5.82 Å². The molecule has 3 rings (SSSR count). The fraction of sp³-hybridized carbons (Fsp3) is 0.632. The molecule has 2 aliphatic rings. The molecule has 144 valence electrons. The maximum Gasteiger partial charge on any atom is 0.410 e. The van der Waals surface area contributed by atoms with Gasteiger partial charge in [0, 0.05) is 12.0 Å². The Balaban J connectivity index is 1.87. The number of ether oxygens (including phenoxy) is 3. The van der Waals surface area contributed by atoms with Crippen LogP contribution >= 0.6 is 0 Å². The largest absolute Gasteiger partial charge is 0.488 e. The number of aliphatic hydroxyl groups is 1. The first kappa shape index (κ1) is 18.9. The molecule has 0 aromatic heterocycles. The van der Waals surface area contributed by atoms with Crippen molar-refractivity contribution in [1.82, 2.24) is 4.90 Å². The zero-order valence-corrected chi connectivity index (χ0v) is 15.4. The molecule has 2 aliphatic heterocycles. The summed E-state index contributed by atoms with van der Waals surface area (Å²) in [5.74, 6) is 0.0927. The number of nitrogens with zero attached hydrogens (tertiary/aromatic N) is 1. The molecule has 1 N–H and O–H groups in total. The number of aliphatic hydroxyl groups excluding tert-OH is 1. The second-order valence-corrected chi connectivity index (χ2v) is 7.82. The van der Waals surface area contributed by atoms with Gasteiger partial charge in [0.1, 0.15) is 23.3 Å². The second kappa shape index (κ2) is 7.40. The van der Waals surface area contributed by atoms with Crippen LogP contribution in [0.25, 0.3) is 0 Å². The molecule has 1 aromatic carbocycles. The number of hydrogen-bond donors (Lipinski definition) is 1. The van der Waals surface area contributed by atoms with E-state index in [1.807, 2.05) is 0 Å². The standard InChI is InChI=1S/C19H26FNO5/c1-19(2,3)26-18(23)21-10-13(22)9-16(21)15-8-12(20)4-5-17(15)25-14-6-7-24-11-14/h4-5,8,13-14,16,22H,6-7,9-11H2,1-3H3/t13-,14?,16-/m1/s1. The normalized spacial score (nSPS) is 26.2. The number of likely N-dealkylation sites (tertiary alicyclic amines) is 1. The summed E-state index contributed by atoms with van der Waals surface area (Å²) in [5.41, 5.74) is -0.114. The van der Waals surface area contributed by atoms with Gasteiger partial charge in [0.25, 0.3) is 0 Å². The van der Waals surface area contributed by atoms with Crippen molar-refractivity contribution in [3.05, 3.63) is 29.6 Å². The first-order valence-corrected chi connectivity index (χ1v) is 8.94. The van der Waals surface area contributed by atoms with Crippen molar-refractivity contribution in [3.8, 4) is 5.75 Å². The summed E-state index contributed by atoms with van der Waals surface area (Å²) in [6.07, 6.45) is -0.252. The van der Waals surface area contributed by atoms with E-state index < -0.39 is 29.7 Å². The van der Waals surface area contributed by atoms with Gasteiger partial charge in [-0.3, -0.25) is 4.90 Å². The van der Waals surface area contributed by atoms with Crippen LogP contribution in [-0.4, -0.2) is 53.7 Å². The Bertz CT molecular complexity index is 654. The Morgan fingerprint density at radius 1 is 1.38 bits per heavy atom. The summed E-state index contributed by atoms with van der Waals surface area (Å²) in [4.78, 5) is 14.0. The topological polar surface area (TPSA) is 68.2 Å². The Hall–Kier alpha value is -1.86. The fourth-order valence-electron chi connectivity index (χ4n) is 3.30. The predicted molar refractivity (Wildman–Crippen MR) is 92.6 cm³/mol. The molecule has 2 saturated heterocycles. The highest BCUT2D eigenvalue weighted by Crippen LogP contribution is 2.39. The Labute approximate surface area is 152 Å². The third-order valence-corrected chi connectivity index (χ3v) is 4.42. The fourth-order valence-corrected chi connectivity index (χ4v) is 3.30. The molecule has 2 fully saturated rings. The van der Waals surface area contributed by atoms with Crippen LogP contribution in [0.1, 0.15) is 45.2 Å². The van der Waals surface area contributed by atoms with Gasteiger partial charge in [0.05, 0.1) is 31.9 Å². The van der Waals surface area contributed by atoms with Gasteiger partial charge in [0.15, 0.2) is 0 Å². The summed E-state index contributed by atoms with van der Waals surface area (Å²) in [7, 11) is 0. The lowest BCUT2D eigenvalue weighted by atomic mass is 10.0. The zero-order valence-electron chi connectivity index (χ0n) is 15.4. The molecule has 7 heteroatoms. The van der Waals surface area contributed by atoms with E-state index in [4.69, 9.17) is 14.2 Å². The monoisotopic (exact) mass is 367 g/mol. The minimum absolute atomic E-state index is 0.0967.